The molecule has 1 heterocycles. The van der Waals surface area contributed by atoms with Crippen LogP contribution in [0.4, 0.5) is 0 Å². The Morgan fingerprint density at radius 1 is 1.24 bits per heavy atom. The van der Waals surface area contributed by atoms with Crippen molar-refractivity contribution < 1.29 is 19.8 Å². The first-order valence-electron chi connectivity index (χ1n) is 8.86. The molecule has 2 rings (SSSR count). The predicted molar refractivity (Wildman–Crippen MR) is 96.4 cm³/mol. The third-order valence-electron chi connectivity index (χ3n) is 5.04. The highest BCUT2D eigenvalue weighted by Crippen LogP contribution is 2.38. The van der Waals surface area contributed by atoms with Crippen LogP contribution >= 0.6 is 11.6 Å². The van der Waals surface area contributed by atoms with E-state index < -0.39 is 18.0 Å². The number of carboxylic acid groups (broad SMARTS) is 1. The highest BCUT2D eigenvalue weighted by molar-refractivity contribution is 6.30. The van der Waals surface area contributed by atoms with Gasteiger partial charge >= 0.3 is 5.97 Å². The number of likely N-dealkylation sites (tertiary alicyclic amines) is 1. The van der Waals surface area contributed by atoms with Crippen molar-refractivity contribution in [3.63, 3.8) is 0 Å². The van der Waals surface area contributed by atoms with Crippen LogP contribution in [0, 0.1) is 5.92 Å². The second kappa shape index (κ2) is 8.68. The van der Waals surface area contributed by atoms with Gasteiger partial charge in [-0.15, -0.1) is 0 Å². The van der Waals surface area contributed by atoms with Gasteiger partial charge in [-0.25, -0.2) is 0 Å². The maximum absolute atomic E-state index is 13.1. The van der Waals surface area contributed by atoms with E-state index in [1.54, 1.807) is 17.0 Å². The highest BCUT2D eigenvalue weighted by atomic mass is 35.5. The number of halogens is 1. The van der Waals surface area contributed by atoms with Gasteiger partial charge in [0.1, 0.15) is 0 Å². The average Bonchev–Trinajstić information content (AvgIpc) is 2.59. The number of nitrogens with zero attached hydrogens (tertiary/aromatic N) is 1. The van der Waals surface area contributed by atoms with Crippen LogP contribution in [0.25, 0.3) is 0 Å². The van der Waals surface area contributed by atoms with Gasteiger partial charge in [-0.3, -0.25) is 9.59 Å². The van der Waals surface area contributed by atoms with E-state index in [4.69, 9.17) is 16.7 Å². The summed E-state index contributed by atoms with van der Waals surface area (Å²) in [5, 5.41) is 20.2. The van der Waals surface area contributed by atoms with Gasteiger partial charge in [-0.1, -0.05) is 37.6 Å². The summed E-state index contributed by atoms with van der Waals surface area (Å²) in [6.07, 6.45) is 1.57. The number of hydrogen-bond acceptors (Lipinski definition) is 3. The molecule has 0 aromatic heterocycles. The van der Waals surface area contributed by atoms with Crippen LogP contribution < -0.4 is 0 Å². The van der Waals surface area contributed by atoms with Gasteiger partial charge in [0.25, 0.3) is 0 Å². The van der Waals surface area contributed by atoms with Gasteiger partial charge in [0, 0.05) is 10.9 Å². The zero-order valence-corrected chi connectivity index (χ0v) is 15.4. The molecule has 1 aliphatic rings. The second-order valence-corrected chi connectivity index (χ2v) is 7.07. The molecule has 1 aliphatic heterocycles. The van der Waals surface area contributed by atoms with E-state index in [2.05, 4.69) is 0 Å². The normalized spacial score (nSPS) is 23.4. The summed E-state index contributed by atoms with van der Waals surface area (Å²) in [7, 11) is 0. The van der Waals surface area contributed by atoms with Crippen LogP contribution in [0.2, 0.25) is 5.02 Å². The molecule has 0 bridgehead atoms. The Labute approximate surface area is 153 Å². The van der Waals surface area contributed by atoms with Crippen molar-refractivity contribution in [2.75, 3.05) is 0 Å². The maximum atomic E-state index is 13.1. The molecule has 6 heteroatoms. The first-order chi connectivity index (χ1) is 11.9. The molecular weight excluding hydrogens is 342 g/mol. The third kappa shape index (κ3) is 4.53. The lowest BCUT2D eigenvalue weighted by Gasteiger charge is -2.45. The second-order valence-electron chi connectivity index (χ2n) is 6.64. The minimum atomic E-state index is -0.965. The van der Waals surface area contributed by atoms with Gasteiger partial charge < -0.3 is 15.1 Å². The van der Waals surface area contributed by atoms with E-state index in [0.29, 0.717) is 30.7 Å². The summed E-state index contributed by atoms with van der Waals surface area (Å²) >= 11 is 5.97. The van der Waals surface area contributed by atoms with Crippen LogP contribution in [0.5, 0.6) is 0 Å². The van der Waals surface area contributed by atoms with Gasteiger partial charge in [0.05, 0.1) is 24.6 Å². The van der Waals surface area contributed by atoms with Crippen molar-refractivity contribution in [1.29, 1.82) is 0 Å². The fourth-order valence-electron chi connectivity index (χ4n) is 3.72. The number of piperidine rings is 1. The van der Waals surface area contributed by atoms with E-state index in [9.17, 15) is 14.7 Å². The monoisotopic (exact) mass is 367 g/mol. The Morgan fingerprint density at radius 3 is 2.40 bits per heavy atom. The Bertz CT molecular complexity index is 604. The standard InChI is InChI=1S/C19H26ClNO4/c1-3-15(17(22)4-2)21-16(12-5-8-14(20)9-6-12)10-7-13(19(21)25)11-18(23)24/h5-6,8-9,13,15-17,22H,3-4,7,10-11H2,1-2H3,(H,23,24)/t13-,15?,16+,17?/m1/s1. The predicted octanol–water partition coefficient (Wildman–Crippen LogP) is 3.64. The van der Waals surface area contributed by atoms with E-state index in [0.717, 1.165) is 5.56 Å². The molecule has 1 amide bonds. The molecule has 1 aromatic rings. The van der Waals surface area contributed by atoms with E-state index >= 15 is 0 Å². The lowest BCUT2D eigenvalue weighted by atomic mass is 9.84. The average molecular weight is 368 g/mol. The van der Waals surface area contributed by atoms with Crippen molar-refractivity contribution in [1.82, 2.24) is 4.90 Å². The number of carbonyl (C=O) groups is 2. The highest BCUT2D eigenvalue weighted by Gasteiger charge is 2.41. The number of aliphatic hydroxyl groups excluding tert-OH is 1. The van der Waals surface area contributed by atoms with Crippen LogP contribution in [0.1, 0.15) is 57.6 Å². The number of carboxylic acids is 1. The van der Waals surface area contributed by atoms with Gasteiger partial charge in [-0.05, 0) is 43.4 Å². The van der Waals surface area contributed by atoms with Crippen LogP contribution in [-0.2, 0) is 9.59 Å². The van der Waals surface area contributed by atoms with Gasteiger partial charge in [0.15, 0.2) is 0 Å². The largest absolute Gasteiger partial charge is 0.481 e. The molecule has 2 N–H and O–H groups in total. The molecule has 0 aliphatic carbocycles. The molecule has 1 fully saturated rings. The molecule has 0 saturated carbocycles. The van der Waals surface area contributed by atoms with Crippen molar-refractivity contribution >= 4 is 23.5 Å². The number of hydrogen-bond donors (Lipinski definition) is 2. The summed E-state index contributed by atoms with van der Waals surface area (Å²) in [6, 6.07) is 6.89. The minimum Gasteiger partial charge on any atom is -0.481 e. The number of amides is 1. The maximum Gasteiger partial charge on any atom is 0.304 e. The number of rotatable bonds is 7. The van der Waals surface area contributed by atoms with Crippen LogP contribution in [-0.4, -0.2) is 39.1 Å². The SMILES string of the molecule is CCC(O)C(CC)N1C(=O)[C@@H](CC(=O)O)CC[C@H]1c1ccc(Cl)cc1. The van der Waals surface area contributed by atoms with E-state index in [1.165, 1.54) is 0 Å². The third-order valence-corrected chi connectivity index (χ3v) is 5.29. The molecule has 0 spiro atoms. The van der Waals surface area contributed by atoms with Crippen LogP contribution in [0.3, 0.4) is 0 Å². The lowest BCUT2D eigenvalue weighted by molar-refractivity contribution is -0.154. The number of benzene rings is 1. The first-order valence-corrected chi connectivity index (χ1v) is 9.24. The zero-order valence-electron chi connectivity index (χ0n) is 14.7. The summed E-state index contributed by atoms with van der Waals surface area (Å²) in [5.74, 6) is -1.67. The molecule has 5 nitrogen and oxygen atoms in total. The number of carbonyl (C=O) groups excluding carboxylic acids is 1. The first kappa shape index (κ1) is 19.7. The van der Waals surface area contributed by atoms with E-state index in [-0.39, 0.29) is 24.4 Å². The Balaban J connectivity index is 2.38. The minimum absolute atomic E-state index is 0.165. The Morgan fingerprint density at radius 2 is 1.88 bits per heavy atom. The molecule has 2 unspecified atom stereocenters. The molecule has 0 radical (unpaired) electrons. The molecule has 1 saturated heterocycles. The Kier molecular flexibility index (Phi) is 6.85. The molecule has 4 atom stereocenters. The molecule has 1 aromatic carbocycles. The Hall–Kier alpha value is -1.59. The molecule has 25 heavy (non-hydrogen) atoms. The summed E-state index contributed by atoms with van der Waals surface area (Å²) < 4.78 is 0. The fourth-order valence-corrected chi connectivity index (χ4v) is 3.85. The van der Waals surface area contributed by atoms with Crippen molar-refractivity contribution in [2.24, 2.45) is 5.92 Å². The number of aliphatic hydroxyl groups is 1. The van der Waals surface area contributed by atoms with Gasteiger partial charge in [0.2, 0.25) is 5.91 Å². The van der Waals surface area contributed by atoms with Crippen LogP contribution in [0.15, 0.2) is 24.3 Å². The summed E-state index contributed by atoms with van der Waals surface area (Å²) in [4.78, 5) is 25.9. The number of aliphatic carboxylic acids is 1. The summed E-state index contributed by atoms with van der Waals surface area (Å²) in [6.45, 7) is 3.82. The van der Waals surface area contributed by atoms with Crippen molar-refractivity contribution in [3.8, 4) is 0 Å². The topological polar surface area (TPSA) is 77.8 Å². The molecular formula is C19H26ClNO4. The summed E-state index contributed by atoms with van der Waals surface area (Å²) in [5.41, 5.74) is 0.966. The lowest BCUT2D eigenvalue weighted by Crippen LogP contribution is -2.53. The fraction of sp³-hybridized carbons (Fsp3) is 0.579. The zero-order chi connectivity index (χ0) is 18.6. The molecule has 138 valence electrons. The smallest absolute Gasteiger partial charge is 0.304 e. The van der Waals surface area contributed by atoms with Crippen molar-refractivity contribution in [3.05, 3.63) is 34.9 Å². The van der Waals surface area contributed by atoms with Crippen molar-refractivity contribution in [2.45, 2.75) is 64.1 Å². The van der Waals surface area contributed by atoms with Gasteiger partial charge in [-0.2, -0.15) is 0 Å². The quantitative estimate of drug-likeness (QED) is 0.771. The van der Waals surface area contributed by atoms with E-state index in [1.807, 2.05) is 26.0 Å².